The summed E-state index contributed by atoms with van der Waals surface area (Å²) in [7, 11) is 0. The molecule has 2 heterocycles. The molecule has 0 aliphatic carbocycles. The highest BCUT2D eigenvalue weighted by atomic mass is 16.2. The molecule has 1 aromatic rings. The van der Waals surface area contributed by atoms with Crippen molar-refractivity contribution < 1.29 is 4.79 Å². The SMILES string of the molecule is CC[C@@H](C)N1C[C@]2(CCCN(CCc3ccccc3)C2)C1=O. The largest absolute Gasteiger partial charge is 0.338 e. The minimum atomic E-state index is -0.0572. The zero-order valence-electron chi connectivity index (χ0n) is 13.9. The van der Waals surface area contributed by atoms with Crippen molar-refractivity contribution in [3.05, 3.63) is 35.9 Å². The second-order valence-electron chi connectivity index (χ2n) is 7.09. The lowest BCUT2D eigenvalue weighted by Crippen LogP contribution is -2.68. The Balaban J connectivity index is 1.55. The average molecular weight is 300 g/mol. The second kappa shape index (κ2) is 6.41. The average Bonchev–Trinajstić information content (AvgIpc) is 2.58. The highest BCUT2D eigenvalue weighted by Crippen LogP contribution is 2.41. The highest BCUT2D eigenvalue weighted by Gasteiger charge is 2.54. The molecule has 2 saturated heterocycles. The van der Waals surface area contributed by atoms with Crippen LogP contribution in [0.4, 0.5) is 0 Å². The molecule has 1 aromatic carbocycles. The van der Waals surface area contributed by atoms with Crippen LogP contribution in [0.5, 0.6) is 0 Å². The normalized spacial score (nSPS) is 27.0. The fourth-order valence-electron chi connectivity index (χ4n) is 3.91. The lowest BCUT2D eigenvalue weighted by atomic mass is 9.71. The first-order chi connectivity index (χ1) is 10.6. The third-order valence-corrected chi connectivity index (χ3v) is 5.53. The predicted octanol–water partition coefficient (Wildman–Crippen LogP) is 2.95. The maximum Gasteiger partial charge on any atom is 0.232 e. The summed E-state index contributed by atoms with van der Waals surface area (Å²) in [6.07, 6.45) is 4.38. The zero-order chi connectivity index (χ0) is 15.6. The van der Waals surface area contributed by atoms with Crippen LogP contribution in [0.15, 0.2) is 30.3 Å². The smallest absolute Gasteiger partial charge is 0.232 e. The van der Waals surface area contributed by atoms with Gasteiger partial charge in [0.25, 0.3) is 0 Å². The van der Waals surface area contributed by atoms with Gasteiger partial charge in [0.1, 0.15) is 0 Å². The van der Waals surface area contributed by atoms with Gasteiger partial charge in [0.05, 0.1) is 5.41 Å². The summed E-state index contributed by atoms with van der Waals surface area (Å²) >= 11 is 0. The number of amides is 1. The Labute approximate surface area is 134 Å². The van der Waals surface area contributed by atoms with Crippen LogP contribution in [0.3, 0.4) is 0 Å². The van der Waals surface area contributed by atoms with Crippen molar-refractivity contribution in [2.24, 2.45) is 5.41 Å². The fraction of sp³-hybridized carbons (Fsp3) is 0.632. The van der Waals surface area contributed by atoms with Crippen LogP contribution in [0, 0.1) is 5.41 Å². The Bertz CT molecular complexity index is 515. The molecule has 2 fully saturated rings. The number of β-lactam (4-membered cyclic amide) rings is 1. The Morgan fingerprint density at radius 2 is 2.00 bits per heavy atom. The molecule has 2 aliphatic rings. The van der Waals surface area contributed by atoms with Crippen LogP contribution in [-0.2, 0) is 11.2 Å². The molecule has 1 amide bonds. The van der Waals surface area contributed by atoms with E-state index in [0.717, 1.165) is 51.9 Å². The summed E-state index contributed by atoms with van der Waals surface area (Å²) in [6, 6.07) is 11.1. The summed E-state index contributed by atoms with van der Waals surface area (Å²) in [4.78, 5) is 17.2. The van der Waals surface area contributed by atoms with Gasteiger partial charge in [-0.3, -0.25) is 4.79 Å². The van der Waals surface area contributed by atoms with Crippen molar-refractivity contribution in [3.63, 3.8) is 0 Å². The van der Waals surface area contributed by atoms with Gasteiger partial charge < -0.3 is 9.80 Å². The Morgan fingerprint density at radius 1 is 1.23 bits per heavy atom. The number of nitrogens with zero attached hydrogens (tertiary/aromatic N) is 2. The van der Waals surface area contributed by atoms with Crippen LogP contribution in [0.1, 0.15) is 38.7 Å². The fourth-order valence-corrected chi connectivity index (χ4v) is 3.91. The van der Waals surface area contributed by atoms with Crippen LogP contribution in [-0.4, -0.2) is 47.9 Å². The maximum absolute atomic E-state index is 12.7. The molecule has 0 radical (unpaired) electrons. The first-order valence-corrected chi connectivity index (χ1v) is 8.72. The molecular formula is C19H28N2O. The van der Waals surface area contributed by atoms with Gasteiger partial charge in [0.15, 0.2) is 0 Å². The minimum Gasteiger partial charge on any atom is -0.338 e. The van der Waals surface area contributed by atoms with Crippen molar-refractivity contribution in [1.29, 1.82) is 0 Å². The summed E-state index contributed by atoms with van der Waals surface area (Å²) in [5, 5.41) is 0. The van der Waals surface area contributed by atoms with E-state index in [1.807, 2.05) is 0 Å². The molecule has 0 aromatic heterocycles. The van der Waals surface area contributed by atoms with Crippen molar-refractivity contribution in [2.45, 2.75) is 45.6 Å². The second-order valence-corrected chi connectivity index (χ2v) is 7.09. The lowest BCUT2D eigenvalue weighted by molar-refractivity contribution is -0.170. The topological polar surface area (TPSA) is 23.6 Å². The van der Waals surface area contributed by atoms with Crippen LogP contribution >= 0.6 is 0 Å². The third-order valence-electron chi connectivity index (χ3n) is 5.53. The van der Waals surface area contributed by atoms with Crippen molar-refractivity contribution >= 4 is 5.91 Å². The monoisotopic (exact) mass is 300 g/mol. The third kappa shape index (κ3) is 2.91. The van der Waals surface area contributed by atoms with Gasteiger partial charge >= 0.3 is 0 Å². The van der Waals surface area contributed by atoms with E-state index in [1.165, 1.54) is 5.56 Å². The van der Waals surface area contributed by atoms with Crippen LogP contribution in [0.2, 0.25) is 0 Å². The zero-order valence-corrected chi connectivity index (χ0v) is 13.9. The Hall–Kier alpha value is -1.35. The van der Waals surface area contributed by atoms with E-state index >= 15 is 0 Å². The van der Waals surface area contributed by atoms with Gasteiger partial charge in [-0.15, -0.1) is 0 Å². The molecule has 3 nitrogen and oxygen atoms in total. The standard InChI is InChI=1S/C19H28N2O/c1-3-16(2)21-15-19(18(21)22)11-7-12-20(14-19)13-10-17-8-5-4-6-9-17/h4-6,8-9,16H,3,7,10-15H2,1-2H3/t16-,19-/m1/s1. The number of likely N-dealkylation sites (tertiary alicyclic amines) is 2. The number of hydrogen-bond donors (Lipinski definition) is 0. The van der Waals surface area contributed by atoms with E-state index in [9.17, 15) is 4.79 Å². The molecule has 0 saturated carbocycles. The van der Waals surface area contributed by atoms with E-state index in [2.05, 4.69) is 54.0 Å². The molecule has 0 bridgehead atoms. The first-order valence-electron chi connectivity index (χ1n) is 8.72. The van der Waals surface area contributed by atoms with Gasteiger partial charge in [-0.25, -0.2) is 0 Å². The maximum atomic E-state index is 12.7. The van der Waals surface area contributed by atoms with Gasteiger partial charge in [0.2, 0.25) is 5.91 Å². The number of carbonyl (C=O) groups excluding carboxylic acids is 1. The number of rotatable bonds is 5. The molecule has 0 unspecified atom stereocenters. The van der Waals surface area contributed by atoms with E-state index in [4.69, 9.17) is 0 Å². The molecule has 3 heteroatoms. The van der Waals surface area contributed by atoms with E-state index in [0.29, 0.717) is 11.9 Å². The Morgan fingerprint density at radius 3 is 2.68 bits per heavy atom. The molecule has 0 N–H and O–H groups in total. The molecule has 2 aliphatic heterocycles. The predicted molar refractivity (Wildman–Crippen MR) is 89.7 cm³/mol. The summed E-state index contributed by atoms with van der Waals surface area (Å²) in [5.74, 6) is 0.409. The van der Waals surface area contributed by atoms with E-state index in [-0.39, 0.29) is 5.41 Å². The minimum absolute atomic E-state index is 0.0572. The summed E-state index contributed by atoms with van der Waals surface area (Å²) < 4.78 is 0. The van der Waals surface area contributed by atoms with Gasteiger partial charge in [0, 0.05) is 25.7 Å². The van der Waals surface area contributed by atoms with Gasteiger partial charge in [-0.05, 0) is 44.7 Å². The number of hydrogen-bond acceptors (Lipinski definition) is 2. The van der Waals surface area contributed by atoms with Crippen LogP contribution < -0.4 is 0 Å². The first kappa shape index (κ1) is 15.5. The number of piperidine rings is 1. The van der Waals surface area contributed by atoms with Gasteiger partial charge in [-0.1, -0.05) is 37.3 Å². The highest BCUT2D eigenvalue weighted by molar-refractivity contribution is 5.89. The molecule has 120 valence electrons. The molecule has 22 heavy (non-hydrogen) atoms. The van der Waals surface area contributed by atoms with E-state index in [1.54, 1.807) is 0 Å². The summed E-state index contributed by atoms with van der Waals surface area (Å²) in [6.45, 7) is 8.48. The van der Waals surface area contributed by atoms with Crippen LogP contribution in [0.25, 0.3) is 0 Å². The lowest BCUT2D eigenvalue weighted by Gasteiger charge is -2.55. The number of carbonyl (C=O) groups is 1. The molecular weight excluding hydrogens is 272 g/mol. The van der Waals surface area contributed by atoms with Crippen molar-refractivity contribution in [2.75, 3.05) is 26.2 Å². The quantitative estimate of drug-likeness (QED) is 0.781. The Kier molecular flexibility index (Phi) is 4.53. The van der Waals surface area contributed by atoms with E-state index < -0.39 is 0 Å². The van der Waals surface area contributed by atoms with Crippen molar-refractivity contribution in [1.82, 2.24) is 9.80 Å². The molecule has 3 rings (SSSR count). The summed E-state index contributed by atoms with van der Waals surface area (Å²) in [5.41, 5.74) is 1.33. The molecule has 2 atom stereocenters. The van der Waals surface area contributed by atoms with Gasteiger partial charge in [-0.2, -0.15) is 0 Å². The number of benzene rings is 1. The van der Waals surface area contributed by atoms with Crippen molar-refractivity contribution in [3.8, 4) is 0 Å². The molecule has 1 spiro atoms.